The Labute approximate surface area is 156 Å². The van der Waals surface area contributed by atoms with Gasteiger partial charge in [-0.2, -0.15) is 0 Å². The number of nitrogens with zero attached hydrogens (tertiary/aromatic N) is 1. The molecule has 1 fully saturated rings. The third-order valence-corrected chi connectivity index (χ3v) is 5.86. The zero-order valence-corrected chi connectivity index (χ0v) is 16.6. The summed E-state index contributed by atoms with van der Waals surface area (Å²) in [6.45, 7) is 6.08. The van der Waals surface area contributed by atoms with E-state index in [0.29, 0.717) is 12.1 Å². The van der Waals surface area contributed by atoms with Crippen LogP contribution in [0, 0.1) is 0 Å². The molecule has 0 aliphatic carbocycles. The minimum Gasteiger partial charge on any atom is -0.334 e. The lowest BCUT2D eigenvalue weighted by molar-refractivity contribution is 0.0583. The van der Waals surface area contributed by atoms with Crippen molar-refractivity contribution in [2.24, 2.45) is 5.73 Å². The summed E-state index contributed by atoms with van der Waals surface area (Å²) in [6.07, 6.45) is 2.89. The molecule has 142 valence electrons. The van der Waals surface area contributed by atoms with Crippen molar-refractivity contribution in [1.82, 2.24) is 9.62 Å². The van der Waals surface area contributed by atoms with Gasteiger partial charge in [-0.25, -0.2) is 13.1 Å². The van der Waals surface area contributed by atoms with Gasteiger partial charge < -0.3 is 10.6 Å². The number of hydrogen-bond donors (Lipinski definition) is 2. The predicted octanol–water partition coefficient (Wildman–Crippen LogP) is 2.14. The molecule has 1 aromatic carbocycles. The van der Waals surface area contributed by atoms with E-state index in [9.17, 15) is 13.2 Å². The number of amides is 1. The van der Waals surface area contributed by atoms with Crippen molar-refractivity contribution in [2.45, 2.75) is 63.1 Å². The fourth-order valence-electron chi connectivity index (χ4n) is 3.10. The first-order valence-electron chi connectivity index (χ1n) is 8.41. The van der Waals surface area contributed by atoms with Gasteiger partial charge in [-0.1, -0.05) is 6.07 Å². The molecule has 3 N–H and O–H groups in total. The molecule has 1 saturated heterocycles. The first-order valence-corrected chi connectivity index (χ1v) is 9.89. The van der Waals surface area contributed by atoms with E-state index in [1.54, 1.807) is 30.9 Å². The number of nitrogens with one attached hydrogen (secondary N) is 1. The van der Waals surface area contributed by atoms with Crippen LogP contribution in [0.15, 0.2) is 29.2 Å². The lowest BCUT2D eigenvalue weighted by atomic mass is 9.96. The molecule has 25 heavy (non-hydrogen) atoms. The molecular formula is C17H28ClN3O3S. The zero-order chi connectivity index (χ0) is 17.9. The van der Waals surface area contributed by atoms with Gasteiger partial charge in [0.25, 0.3) is 5.91 Å². The molecule has 2 atom stereocenters. The highest BCUT2D eigenvalue weighted by molar-refractivity contribution is 7.89. The monoisotopic (exact) mass is 389 g/mol. The van der Waals surface area contributed by atoms with Gasteiger partial charge in [0.2, 0.25) is 10.0 Å². The number of halogens is 1. The third kappa shape index (κ3) is 5.41. The van der Waals surface area contributed by atoms with Gasteiger partial charge >= 0.3 is 0 Å². The van der Waals surface area contributed by atoms with Gasteiger partial charge in [-0.15, -0.1) is 12.4 Å². The number of nitrogens with two attached hydrogens (primary N) is 1. The lowest BCUT2D eigenvalue weighted by Crippen LogP contribution is -2.51. The molecule has 1 aromatic rings. The SMILES string of the molecule is CC(C)NS(=O)(=O)c1cccc(C(=O)N2CCCCC2C(C)N)c1.Cl. The molecule has 0 aromatic heterocycles. The first-order chi connectivity index (χ1) is 11.2. The van der Waals surface area contributed by atoms with Gasteiger partial charge in [-0.05, 0) is 58.2 Å². The molecule has 1 amide bonds. The average Bonchev–Trinajstić information content (AvgIpc) is 2.53. The maximum absolute atomic E-state index is 12.9. The van der Waals surface area contributed by atoms with Crippen molar-refractivity contribution in [3.63, 3.8) is 0 Å². The number of sulfonamides is 1. The van der Waals surface area contributed by atoms with Crippen LogP contribution in [0.1, 0.15) is 50.4 Å². The highest BCUT2D eigenvalue weighted by atomic mass is 35.5. The fourth-order valence-corrected chi connectivity index (χ4v) is 4.39. The van der Waals surface area contributed by atoms with Crippen LogP contribution < -0.4 is 10.5 Å². The van der Waals surface area contributed by atoms with Crippen molar-refractivity contribution >= 4 is 28.3 Å². The molecular weight excluding hydrogens is 362 g/mol. The van der Waals surface area contributed by atoms with Crippen molar-refractivity contribution < 1.29 is 13.2 Å². The van der Waals surface area contributed by atoms with Gasteiger partial charge in [0.1, 0.15) is 0 Å². The minimum absolute atomic E-state index is 0. The summed E-state index contributed by atoms with van der Waals surface area (Å²) in [5.41, 5.74) is 6.41. The second kappa shape index (κ2) is 8.98. The fraction of sp³-hybridized carbons (Fsp3) is 0.588. The molecule has 0 spiro atoms. The van der Waals surface area contributed by atoms with Crippen LogP contribution in [0.25, 0.3) is 0 Å². The maximum Gasteiger partial charge on any atom is 0.254 e. The Balaban J connectivity index is 0.00000312. The van der Waals surface area contributed by atoms with Crippen LogP contribution in [-0.4, -0.2) is 43.9 Å². The standard InChI is InChI=1S/C17H27N3O3S.ClH/c1-12(2)19-24(22,23)15-8-6-7-14(11-15)17(21)20-10-5-4-9-16(20)13(3)18;/h6-8,11-13,16,19H,4-5,9-10,18H2,1-3H3;1H. The molecule has 0 bridgehead atoms. The van der Waals surface area contributed by atoms with E-state index in [0.717, 1.165) is 19.3 Å². The summed E-state index contributed by atoms with van der Waals surface area (Å²) in [6, 6.07) is 5.89. The second-order valence-electron chi connectivity index (χ2n) is 6.72. The maximum atomic E-state index is 12.9. The third-order valence-electron chi connectivity index (χ3n) is 4.20. The molecule has 0 saturated carbocycles. The predicted molar refractivity (Wildman–Crippen MR) is 101 cm³/mol. The van der Waals surface area contributed by atoms with Crippen LogP contribution in [0.2, 0.25) is 0 Å². The van der Waals surface area contributed by atoms with Gasteiger partial charge in [-0.3, -0.25) is 4.79 Å². The first kappa shape index (κ1) is 21.9. The van der Waals surface area contributed by atoms with Gasteiger partial charge in [0, 0.05) is 30.2 Å². The smallest absolute Gasteiger partial charge is 0.254 e. The summed E-state index contributed by atoms with van der Waals surface area (Å²) < 4.78 is 27.2. The van der Waals surface area contributed by atoms with E-state index >= 15 is 0 Å². The topological polar surface area (TPSA) is 92.5 Å². The lowest BCUT2D eigenvalue weighted by Gasteiger charge is -2.38. The van der Waals surface area contributed by atoms with Crippen LogP contribution in [0.3, 0.4) is 0 Å². The summed E-state index contributed by atoms with van der Waals surface area (Å²) in [5, 5.41) is 0. The molecule has 2 unspecified atom stereocenters. The molecule has 1 aliphatic heterocycles. The van der Waals surface area contributed by atoms with E-state index in [1.165, 1.54) is 12.1 Å². The van der Waals surface area contributed by atoms with Crippen LogP contribution in [0.5, 0.6) is 0 Å². The van der Waals surface area contributed by atoms with E-state index in [-0.39, 0.29) is 41.3 Å². The Morgan fingerprint density at radius 2 is 1.96 bits per heavy atom. The van der Waals surface area contributed by atoms with Crippen LogP contribution in [0.4, 0.5) is 0 Å². The molecule has 6 nitrogen and oxygen atoms in total. The normalized spacial score (nSPS) is 19.4. The number of likely N-dealkylation sites (tertiary alicyclic amines) is 1. The highest BCUT2D eigenvalue weighted by Crippen LogP contribution is 2.22. The van der Waals surface area contributed by atoms with Crippen molar-refractivity contribution in [3.05, 3.63) is 29.8 Å². The Morgan fingerprint density at radius 3 is 2.56 bits per heavy atom. The Morgan fingerprint density at radius 1 is 1.28 bits per heavy atom. The number of benzene rings is 1. The summed E-state index contributed by atoms with van der Waals surface area (Å²) in [4.78, 5) is 14.8. The van der Waals surface area contributed by atoms with E-state index in [2.05, 4.69) is 4.72 Å². The summed E-state index contributed by atoms with van der Waals surface area (Å²) >= 11 is 0. The molecule has 1 aliphatic rings. The largest absolute Gasteiger partial charge is 0.334 e. The Kier molecular flexibility index (Phi) is 7.87. The van der Waals surface area contributed by atoms with Gasteiger partial charge in [0.15, 0.2) is 0 Å². The average molecular weight is 390 g/mol. The molecule has 1 heterocycles. The Hall–Kier alpha value is -1.15. The van der Waals surface area contributed by atoms with Crippen molar-refractivity contribution in [2.75, 3.05) is 6.54 Å². The minimum atomic E-state index is -3.62. The zero-order valence-electron chi connectivity index (χ0n) is 14.9. The number of hydrogen-bond acceptors (Lipinski definition) is 4. The highest BCUT2D eigenvalue weighted by Gasteiger charge is 2.30. The molecule has 8 heteroatoms. The molecule has 0 radical (unpaired) electrons. The number of piperidine rings is 1. The van der Waals surface area contributed by atoms with Crippen LogP contribution in [-0.2, 0) is 10.0 Å². The number of carbonyl (C=O) groups excluding carboxylic acids is 1. The molecule has 2 rings (SSSR count). The van der Waals surface area contributed by atoms with Crippen molar-refractivity contribution in [1.29, 1.82) is 0 Å². The number of rotatable bonds is 5. The quantitative estimate of drug-likeness (QED) is 0.806. The summed E-state index contributed by atoms with van der Waals surface area (Å²) in [5.74, 6) is -0.154. The number of carbonyl (C=O) groups is 1. The summed E-state index contributed by atoms with van der Waals surface area (Å²) in [7, 11) is -3.62. The second-order valence-corrected chi connectivity index (χ2v) is 8.44. The van der Waals surface area contributed by atoms with E-state index < -0.39 is 10.0 Å². The van der Waals surface area contributed by atoms with E-state index in [1.807, 2.05) is 6.92 Å². The van der Waals surface area contributed by atoms with Crippen LogP contribution >= 0.6 is 12.4 Å². The van der Waals surface area contributed by atoms with E-state index in [4.69, 9.17) is 5.73 Å². The Bertz CT molecular complexity index is 692. The van der Waals surface area contributed by atoms with Gasteiger partial charge in [0.05, 0.1) is 4.90 Å². The van der Waals surface area contributed by atoms with Crippen molar-refractivity contribution in [3.8, 4) is 0 Å².